The summed E-state index contributed by atoms with van der Waals surface area (Å²) in [6.07, 6.45) is 3.16. The number of anilines is 1. The summed E-state index contributed by atoms with van der Waals surface area (Å²) in [7, 11) is 0. The van der Waals surface area contributed by atoms with Crippen molar-refractivity contribution in [2.45, 2.75) is 52.6 Å². The molecule has 0 aromatic heterocycles. The van der Waals surface area contributed by atoms with Gasteiger partial charge in [0, 0.05) is 30.9 Å². The van der Waals surface area contributed by atoms with Crippen LogP contribution >= 0.6 is 0 Å². The molecule has 3 aromatic carbocycles. The third-order valence-corrected chi connectivity index (χ3v) is 7.29. The number of benzene rings is 3. The van der Waals surface area contributed by atoms with Crippen molar-refractivity contribution in [3.05, 3.63) is 101 Å². The average molecular weight is 545 g/mol. The Morgan fingerprint density at radius 3 is 2.15 bits per heavy atom. The quantitative estimate of drug-likeness (QED) is 0.117. The van der Waals surface area contributed by atoms with Crippen LogP contribution in [0.5, 0.6) is 5.75 Å². The van der Waals surface area contributed by atoms with Gasteiger partial charge in [-0.2, -0.15) is 0 Å². The summed E-state index contributed by atoms with van der Waals surface area (Å²) >= 11 is 0. The SMILES string of the molecule is CCCCCOc1ccc(/C(O)=C2/C(=O)C(=O)N(Cc3ccc(F)cc3)C2c2ccc(N(CC)CC)cc2)cc1. The summed E-state index contributed by atoms with van der Waals surface area (Å²) in [5.74, 6) is -1.41. The molecule has 40 heavy (non-hydrogen) atoms. The van der Waals surface area contributed by atoms with Crippen LogP contribution in [-0.4, -0.2) is 41.4 Å². The Kier molecular flexibility index (Phi) is 9.59. The Balaban J connectivity index is 1.72. The fourth-order valence-corrected chi connectivity index (χ4v) is 5.04. The molecule has 1 aliphatic heterocycles. The summed E-state index contributed by atoms with van der Waals surface area (Å²) in [6, 6.07) is 19.6. The summed E-state index contributed by atoms with van der Waals surface area (Å²) < 4.78 is 19.3. The Morgan fingerprint density at radius 2 is 1.55 bits per heavy atom. The van der Waals surface area contributed by atoms with Crippen LogP contribution in [0.15, 0.2) is 78.4 Å². The number of rotatable bonds is 12. The van der Waals surface area contributed by atoms with Gasteiger partial charge in [-0.3, -0.25) is 9.59 Å². The molecule has 1 saturated heterocycles. The molecule has 1 fully saturated rings. The maximum absolute atomic E-state index is 13.5. The highest BCUT2D eigenvalue weighted by Crippen LogP contribution is 2.41. The van der Waals surface area contributed by atoms with Crippen molar-refractivity contribution in [2.24, 2.45) is 0 Å². The zero-order valence-electron chi connectivity index (χ0n) is 23.4. The standard InChI is InChI=1S/C33H37FN2O4/c1-4-7-8-21-40-28-19-13-25(14-20-28)31(37)29-30(24-11-17-27(18-12-24)35(5-2)6-3)36(33(39)32(29)38)22-23-9-15-26(34)16-10-23/h9-20,30,37H,4-8,21-22H2,1-3H3/b31-29-. The van der Waals surface area contributed by atoms with Gasteiger partial charge in [0.15, 0.2) is 0 Å². The monoisotopic (exact) mass is 544 g/mol. The van der Waals surface area contributed by atoms with Crippen LogP contribution in [0.3, 0.4) is 0 Å². The number of likely N-dealkylation sites (tertiary alicyclic amines) is 1. The second kappa shape index (κ2) is 13.3. The lowest BCUT2D eigenvalue weighted by Gasteiger charge is -2.27. The van der Waals surface area contributed by atoms with E-state index in [-0.39, 0.29) is 23.7 Å². The van der Waals surface area contributed by atoms with E-state index in [0.29, 0.717) is 29.0 Å². The molecule has 0 saturated carbocycles. The van der Waals surface area contributed by atoms with E-state index in [1.807, 2.05) is 24.3 Å². The summed E-state index contributed by atoms with van der Waals surface area (Å²) in [5, 5.41) is 11.4. The third kappa shape index (κ3) is 6.36. The van der Waals surface area contributed by atoms with Gasteiger partial charge in [-0.25, -0.2) is 4.39 Å². The summed E-state index contributed by atoms with van der Waals surface area (Å²) in [4.78, 5) is 30.4. The first-order valence-corrected chi connectivity index (χ1v) is 14.0. The van der Waals surface area contributed by atoms with E-state index in [4.69, 9.17) is 4.74 Å². The molecule has 7 heteroatoms. The van der Waals surface area contributed by atoms with Gasteiger partial charge in [0.2, 0.25) is 0 Å². The molecule has 0 aliphatic carbocycles. The smallest absolute Gasteiger partial charge is 0.295 e. The van der Waals surface area contributed by atoms with E-state index in [2.05, 4.69) is 25.7 Å². The van der Waals surface area contributed by atoms with E-state index < -0.39 is 17.7 Å². The number of carbonyl (C=O) groups excluding carboxylic acids is 2. The molecule has 1 N–H and O–H groups in total. The number of nitrogens with zero attached hydrogens (tertiary/aromatic N) is 2. The summed E-state index contributed by atoms with van der Waals surface area (Å²) in [6.45, 7) is 8.68. The third-order valence-electron chi connectivity index (χ3n) is 7.29. The van der Waals surface area contributed by atoms with E-state index in [1.165, 1.54) is 17.0 Å². The molecule has 6 nitrogen and oxygen atoms in total. The van der Waals surface area contributed by atoms with Crippen LogP contribution in [0, 0.1) is 5.82 Å². The lowest BCUT2D eigenvalue weighted by molar-refractivity contribution is -0.140. The van der Waals surface area contributed by atoms with Crippen LogP contribution < -0.4 is 9.64 Å². The first kappa shape index (κ1) is 28.9. The zero-order chi connectivity index (χ0) is 28.6. The first-order valence-electron chi connectivity index (χ1n) is 14.0. The van der Waals surface area contributed by atoms with E-state index in [9.17, 15) is 19.1 Å². The minimum absolute atomic E-state index is 0.0271. The van der Waals surface area contributed by atoms with Gasteiger partial charge in [0.25, 0.3) is 11.7 Å². The van der Waals surface area contributed by atoms with Crippen molar-refractivity contribution in [1.82, 2.24) is 4.90 Å². The minimum Gasteiger partial charge on any atom is -0.507 e. The normalized spacial score (nSPS) is 16.4. The first-order chi connectivity index (χ1) is 19.4. The number of unbranched alkanes of at least 4 members (excludes halogenated alkanes) is 2. The van der Waals surface area contributed by atoms with Crippen molar-refractivity contribution in [3.8, 4) is 5.75 Å². The number of halogens is 1. The highest BCUT2D eigenvalue weighted by Gasteiger charge is 2.46. The number of hydrogen-bond donors (Lipinski definition) is 1. The number of hydrogen-bond acceptors (Lipinski definition) is 5. The lowest BCUT2D eigenvalue weighted by Crippen LogP contribution is -2.29. The van der Waals surface area contributed by atoms with Gasteiger partial charge in [0.05, 0.1) is 18.2 Å². The van der Waals surface area contributed by atoms with E-state index >= 15 is 0 Å². The highest BCUT2D eigenvalue weighted by molar-refractivity contribution is 6.46. The molecule has 3 aromatic rings. The predicted molar refractivity (Wildman–Crippen MR) is 156 cm³/mol. The van der Waals surface area contributed by atoms with Crippen LogP contribution in [-0.2, 0) is 16.1 Å². The molecule has 1 heterocycles. The molecule has 4 rings (SSSR count). The Morgan fingerprint density at radius 1 is 0.900 bits per heavy atom. The molecule has 0 radical (unpaired) electrons. The fraction of sp³-hybridized carbons (Fsp3) is 0.333. The molecular weight excluding hydrogens is 507 g/mol. The largest absolute Gasteiger partial charge is 0.507 e. The Labute approximate surface area is 235 Å². The number of Topliss-reactive ketones (excluding diaryl/α,β-unsaturated/α-hetero) is 1. The van der Waals surface area contributed by atoms with E-state index in [1.54, 1.807) is 36.4 Å². The number of carbonyl (C=O) groups is 2. The molecular formula is C33H37FN2O4. The van der Waals surface area contributed by atoms with Gasteiger partial charge in [-0.1, -0.05) is 44.0 Å². The van der Waals surface area contributed by atoms with Crippen molar-refractivity contribution in [2.75, 3.05) is 24.6 Å². The van der Waals surface area contributed by atoms with Crippen molar-refractivity contribution in [1.29, 1.82) is 0 Å². The molecule has 0 bridgehead atoms. The molecule has 1 atom stereocenters. The van der Waals surface area contributed by atoms with Crippen LogP contribution in [0.25, 0.3) is 5.76 Å². The lowest BCUT2D eigenvalue weighted by atomic mass is 9.95. The molecule has 210 valence electrons. The minimum atomic E-state index is -0.805. The van der Waals surface area contributed by atoms with Crippen LogP contribution in [0.4, 0.5) is 10.1 Å². The maximum atomic E-state index is 13.5. The van der Waals surface area contributed by atoms with E-state index in [0.717, 1.165) is 38.0 Å². The molecule has 1 amide bonds. The molecule has 1 unspecified atom stereocenters. The van der Waals surface area contributed by atoms with Gasteiger partial charge in [-0.15, -0.1) is 0 Å². The number of aliphatic hydroxyl groups is 1. The predicted octanol–water partition coefficient (Wildman–Crippen LogP) is 6.86. The highest BCUT2D eigenvalue weighted by atomic mass is 19.1. The number of ether oxygens (including phenoxy) is 1. The van der Waals surface area contributed by atoms with Crippen LogP contribution in [0.1, 0.15) is 62.8 Å². The average Bonchev–Trinajstić information content (AvgIpc) is 3.22. The topological polar surface area (TPSA) is 70.1 Å². The van der Waals surface area contributed by atoms with Gasteiger partial charge < -0.3 is 19.6 Å². The molecule has 0 spiro atoms. The van der Waals surface area contributed by atoms with Crippen molar-refractivity contribution < 1.29 is 23.8 Å². The van der Waals surface area contributed by atoms with Gasteiger partial charge >= 0.3 is 0 Å². The summed E-state index contributed by atoms with van der Waals surface area (Å²) in [5.41, 5.74) is 2.86. The number of aliphatic hydroxyl groups excluding tert-OH is 1. The molecule has 1 aliphatic rings. The van der Waals surface area contributed by atoms with Crippen molar-refractivity contribution in [3.63, 3.8) is 0 Å². The zero-order valence-corrected chi connectivity index (χ0v) is 23.4. The van der Waals surface area contributed by atoms with Gasteiger partial charge in [-0.05, 0) is 79.9 Å². The van der Waals surface area contributed by atoms with Crippen LogP contribution in [0.2, 0.25) is 0 Å². The van der Waals surface area contributed by atoms with Crippen molar-refractivity contribution >= 4 is 23.1 Å². The fourth-order valence-electron chi connectivity index (χ4n) is 5.04. The number of ketones is 1. The number of amides is 1. The maximum Gasteiger partial charge on any atom is 0.295 e. The Bertz CT molecular complexity index is 1330. The second-order valence-corrected chi connectivity index (χ2v) is 9.90. The Hall–Kier alpha value is -4.13. The van der Waals surface area contributed by atoms with Gasteiger partial charge in [0.1, 0.15) is 17.3 Å². The second-order valence-electron chi connectivity index (χ2n) is 9.90.